The van der Waals surface area contributed by atoms with Crippen LogP contribution in [0.5, 0.6) is 5.88 Å². The molecule has 0 atom stereocenters. The zero-order chi connectivity index (χ0) is 16.4. The van der Waals surface area contributed by atoms with E-state index in [1.165, 1.54) is 42.6 Å². The monoisotopic (exact) mass is 327 g/mol. The second-order valence-corrected chi connectivity index (χ2v) is 6.92. The molecule has 1 aliphatic heterocycles. The Kier molecular flexibility index (Phi) is 4.47. The highest BCUT2D eigenvalue weighted by molar-refractivity contribution is 5.30. The van der Waals surface area contributed by atoms with Gasteiger partial charge in [0.1, 0.15) is 0 Å². The van der Waals surface area contributed by atoms with Gasteiger partial charge in [0.2, 0.25) is 5.88 Å². The molecule has 0 saturated carbocycles. The van der Waals surface area contributed by atoms with Crippen molar-refractivity contribution in [3.05, 3.63) is 35.5 Å². The van der Waals surface area contributed by atoms with Crippen LogP contribution in [-0.2, 0) is 26.4 Å². The second-order valence-electron chi connectivity index (χ2n) is 6.92. The summed E-state index contributed by atoms with van der Waals surface area (Å²) in [5.74, 6) is 1.24. The lowest BCUT2D eigenvalue weighted by Gasteiger charge is -2.31. The van der Waals surface area contributed by atoms with Crippen molar-refractivity contribution < 1.29 is 4.74 Å². The van der Waals surface area contributed by atoms with Gasteiger partial charge in [0.05, 0.1) is 24.2 Å². The minimum absolute atomic E-state index is 0.612. The Bertz CT molecular complexity index is 676. The van der Waals surface area contributed by atoms with E-state index >= 15 is 0 Å². The van der Waals surface area contributed by atoms with Crippen molar-refractivity contribution in [1.82, 2.24) is 24.6 Å². The maximum absolute atomic E-state index is 5.76. The number of hydrogen-bond donors (Lipinski definition) is 0. The topological polar surface area (TPSA) is 56.1 Å². The van der Waals surface area contributed by atoms with Crippen molar-refractivity contribution >= 4 is 0 Å². The van der Waals surface area contributed by atoms with Gasteiger partial charge in [0, 0.05) is 26.0 Å². The number of hydrogen-bond acceptors (Lipinski definition) is 5. The van der Waals surface area contributed by atoms with Crippen molar-refractivity contribution in [3.8, 4) is 5.88 Å². The Labute approximate surface area is 142 Å². The van der Waals surface area contributed by atoms with E-state index in [0.717, 1.165) is 32.7 Å². The molecule has 128 valence electrons. The van der Waals surface area contributed by atoms with Gasteiger partial charge >= 0.3 is 0 Å². The average molecular weight is 327 g/mol. The fourth-order valence-corrected chi connectivity index (χ4v) is 3.87. The highest BCUT2D eigenvalue weighted by atomic mass is 16.5. The Hall–Kier alpha value is -1.95. The number of nitrogens with zero attached hydrogens (tertiary/aromatic N) is 5. The maximum Gasteiger partial charge on any atom is 0.232 e. The molecule has 0 aromatic carbocycles. The summed E-state index contributed by atoms with van der Waals surface area (Å²) in [6.45, 7) is 4.05. The van der Waals surface area contributed by atoms with Crippen LogP contribution >= 0.6 is 0 Å². The SMILES string of the molecule is Cn1nc2c(c1CN1CCC(COc3cnccn3)CC1)CCC2. The van der Waals surface area contributed by atoms with Crippen LogP contribution in [0.4, 0.5) is 0 Å². The van der Waals surface area contributed by atoms with Gasteiger partial charge in [0.15, 0.2) is 0 Å². The minimum Gasteiger partial charge on any atom is -0.476 e. The lowest BCUT2D eigenvalue weighted by Crippen LogP contribution is -2.35. The van der Waals surface area contributed by atoms with Crippen LogP contribution in [0.25, 0.3) is 0 Å². The van der Waals surface area contributed by atoms with Crippen LogP contribution in [0.2, 0.25) is 0 Å². The Morgan fingerprint density at radius 3 is 2.88 bits per heavy atom. The number of aromatic nitrogens is 4. The quantitative estimate of drug-likeness (QED) is 0.840. The predicted molar refractivity (Wildman–Crippen MR) is 90.8 cm³/mol. The van der Waals surface area contributed by atoms with Gasteiger partial charge in [-0.05, 0) is 56.7 Å². The zero-order valence-corrected chi connectivity index (χ0v) is 14.3. The summed E-state index contributed by atoms with van der Waals surface area (Å²) in [5.41, 5.74) is 4.28. The van der Waals surface area contributed by atoms with Crippen LogP contribution in [0, 0.1) is 5.92 Å². The molecule has 1 saturated heterocycles. The van der Waals surface area contributed by atoms with Gasteiger partial charge in [-0.25, -0.2) is 4.98 Å². The molecule has 0 spiro atoms. The van der Waals surface area contributed by atoms with E-state index in [2.05, 4.69) is 26.6 Å². The van der Waals surface area contributed by atoms with Gasteiger partial charge in [-0.1, -0.05) is 0 Å². The summed E-state index contributed by atoms with van der Waals surface area (Å²) in [7, 11) is 2.09. The number of piperidine rings is 1. The largest absolute Gasteiger partial charge is 0.476 e. The number of aryl methyl sites for hydroxylation is 2. The lowest BCUT2D eigenvalue weighted by atomic mass is 9.97. The molecule has 1 aliphatic carbocycles. The fraction of sp³-hybridized carbons (Fsp3) is 0.611. The third-order valence-electron chi connectivity index (χ3n) is 5.29. The number of fused-ring (bicyclic) bond motifs is 1. The summed E-state index contributed by atoms with van der Waals surface area (Å²) >= 11 is 0. The first kappa shape index (κ1) is 15.6. The zero-order valence-electron chi connectivity index (χ0n) is 14.3. The average Bonchev–Trinajstić information content (AvgIpc) is 3.18. The van der Waals surface area contributed by atoms with Crippen molar-refractivity contribution in [2.24, 2.45) is 13.0 Å². The molecule has 0 amide bonds. The van der Waals surface area contributed by atoms with E-state index in [1.54, 1.807) is 18.6 Å². The molecule has 0 unspecified atom stereocenters. The molecule has 2 aromatic heterocycles. The molecule has 0 bridgehead atoms. The molecular weight excluding hydrogens is 302 g/mol. The van der Waals surface area contributed by atoms with Crippen LogP contribution < -0.4 is 4.74 Å². The van der Waals surface area contributed by atoms with Gasteiger partial charge in [0.25, 0.3) is 0 Å². The van der Waals surface area contributed by atoms with Gasteiger partial charge in [-0.3, -0.25) is 14.6 Å². The van der Waals surface area contributed by atoms with E-state index in [0.29, 0.717) is 11.8 Å². The van der Waals surface area contributed by atoms with Crippen molar-refractivity contribution in [2.45, 2.75) is 38.6 Å². The van der Waals surface area contributed by atoms with Crippen LogP contribution in [0.3, 0.4) is 0 Å². The molecule has 1 fully saturated rings. The fourth-order valence-electron chi connectivity index (χ4n) is 3.87. The molecule has 2 aliphatic rings. The summed E-state index contributed by atoms with van der Waals surface area (Å²) in [4.78, 5) is 10.8. The van der Waals surface area contributed by atoms with Crippen molar-refractivity contribution in [2.75, 3.05) is 19.7 Å². The summed E-state index contributed by atoms with van der Waals surface area (Å²) in [6.07, 6.45) is 11.0. The van der Waals surface area contributed by atoms with Crippen molar-refractivity contribution in [3.63, 3.8) is 0 Å². The Balaban J connectivity index is 1.28. The van der Waals surface area contributed by atoms with Crippen LogP contribution in [0.1, 0.15) is 36.2 Å². The first-order chi connectivity index (χ1) is 11.8. The molecule has 24 heavy (non-hydrogen) atoms. The number of rotatable bonds is 5. The minimum atomic E-state index is 0.612. The Morgan fingerprint density at radius 1 is 1.21 bits per heavy atom. The number of ether oxygens (including phenoxy) is 1. The van der Waals surface area contributed by atoms with E-state index in [4.69, 9.17) is 9.84 Å². The Morgan fingerprint density at radius 2 is 2.08 bits per heavy atom. The highest BCUT2D eigenvalue weighted by Gasteiger charge is 2.25. The van der Waals surface area contributed by atoms with Gasteiger partial charge < -0.3 is 4.74 Å². The third kappa shape index (κ3) is 3.29. The van der Waals surface area contributed by atoms with Gasteiger partial charge in [-0.2, -0.15) is 5.10 Å². The first-order valence-corrected chi connectivity index (χ1v) is 8.94. The lowest BCUT2D eigenvalue weighted by molar-refractivity contribution is 0.132. The summed E-state index contributed by atoms with van der Waals surface area (Å²) in [5, 5.41) is 4.69. The third-order valence-corrected chi connectivity index (χ3v) is 5.29. The summed E-state index contributed by atoms with van der Waals surface area (Å²) in [6, 6.07) is 0. The maximum atomic E-state index is 5.76. The molecular formula is C18H25N5O. The summed E-state index contributed by atoms with van der Waals surface area (Å²) < 4.78 is 7.86. The first-order valence-electron chi connectivity index (χ1n) is 8.94. The molecule has 6 heteroatoms. The molecule has 3 heterocycles. The molecule has 2 aromatic rings. The number of likely N-dealkylation sites (tertiary alicyclic amines) is 1. The van der Waals surface area contributed by atoms with Crippen LogP contribution in [-0.4, -0.2) is 44.3 Å². The normalized spacial score (nSPS) is 18.7. The smallest absolute Gasteiger partial charge is 0.232 e. The molecule has 0 radical (unpaired) electrons. The molecule has 4 rings (SSSR count). The molecule has 6 nitrogen and oxygen atoms in total. The van der Waals surface area contributed by atoms with Crippen LogP contribution in [0.15, 0.2) is 18.6 Å². The van der Waals surface area contributed by atoms with Crippen molar-refractivity contribution in [1.29, 1.82) is 0 Å². The molecule has 0 N–H and O–H groups in total. The van der Waals surface area contributed by atoms with E-state index in [1.807, 2.05) is 0 Å². The standard InChI is InChI=1S/C18H25N5O/c1-22-17(15-3-2-4-16(15)21-22)12-23-9-5-14(6-10-23)13-24-18-11-19-7-8-20-18/h7-8,11,14H,2-6,9-10,12-13H2,1H3. The predicted octanol–water partition coefficient (Wildman–Crippen LogP) is 1.99. The highest BCUT2D eigenvalue weighted by Crippen LogP contribution is 2.27. The van der Waals surface area contributed by atoms with E-state index < -0.39 is 0 Å². The van der Waals surface area contributed by atoms with Gasteiger partial charge in [-0.15, -0.1) is 0 Å². The van der Waals surface area contributed by atoms with E-state index in [-0.39, 0.29) is 0 Å². The van der Waals surface area contributed by atoms with E-state index in [9.17, 15) is 0 Å². The second kappa shape index (κ2) is 6.89.